The molecule has 6 rings (SSSR count). The van der Waals surface area contributed by atoms with E-state index in [2.05, 4.69) is 15.1 Å². The monoisotopic (exact) mass is 628 g/mol. The maximum atomic E-state index is 15.9. The van der Waals surface area contributed by atoms with Crippen LogP contribution in [0, 0.1) is 5.92 Å². The predicted molar refractivity (Wildman–Crippen MR) is 157 cm³/mol. The fourth-order valence-corrected chi connectivity index (χ4v) is 6.75. The van der Waals surface area contributed by atoms with Gasteiger partial charge in [0.15, 0.2) is 12.0 Å². The van der Waals surface area contributed by atoms with Crippen LogP contribution in [0.15, 0.2) is 42.7 Å². The number of aromatic nitrogens is 3. The number of carbonyl (C=O) groups is 2. The quantitative estimate of drug-likeness (QED) is 0.354. The smallest absolute Gasteiger partial charge is 0.379 e. The van der Waals surface area contributed by atoms with Crippen molar-refractivity contribution in [1.29, 1.82) is 0 Å². The molecule has 1 unspecified atom stereocenters. The molecule has 2 atom stereocenters. The zero-order valence-corrected chi connectivity index (χ0v) is 25.6. The van der Waals surface area contributed by atoms with Gasteiger partial charge in [0.25, 0.3) is 5.91 Å². The van der Waals surface area contributed by atoms with Crippen molar-refractivity contribution in [1.82, 2.24) is 24.6 Å². The Kier molecular flexibility index (Phi) is 7.97. The number of carbonyl (C=O) groups excluding carboxylic acids is 2. The Labute approximate surface area is 258 Å². The summed E-state index contributed by atoms with van der Waals surface area (Å²) in [5, 5.41) is 7.71. The van der Waals surface area contributed by atoms with Crippen molar-refractivity contribution in [2.45, 2.75) is 57.7 Å². The van der Waals surface area contributed by atoms with E-state index in [1.165, 1.54) is 22.7 Å². The Morgan fingerprint density at radius 2 is 1.91 bits per heavy atom. The van der Waals surface area contributed by atoms with Crippen LogP contribution in [0.5, 0.6) is 0 Å². The molecule has 240 valence electrons. The molecule has 3 aliphatic rings. The van der Waals surface area contributed by atoms with Gasteiger partial charge in [0, 0.05) is 57.4 Å². The van der Waals surface area contributed by atoms with Crippen molar-refractivity contribution in [3.63, 3.8) is 0 Å². The third-order valence-corrected chi connectivity index (χ3v) is 9.45. The van der Waals surface area contributed by atoms with Crippen LogP contribution in [0.3, 0.4) is 0 Å². The van der Waals surface area contributed by atoms with Crippen molar-refractivity contribution in [3.05, 3.63) is 76.4 Å². The topological polar surface area (TPSA) is 83.8 Å². The first kappa shape index (κ1) is 31.2. The molecule has 0 N–H and O–H groups in total. The molecule has 2 amide bonds. The third kappa shape index (κ3) is 5.50. The zero-order valence-electron chi connectivity index (χ0n) is 25.6. The molecule has 0 aliphatic carbocycles. The van der Waals surface area contributed by atoms with Crippen molar-refractivity contribution < 1.29 is 31.9 Å². The Morgan fingerprint density at radius 1 is 1.16 bits per heavy atom. The first-order valence-corrected chi connectivity index (χ1v) is 15.0. The molecule has 4 heterocycles. The van der Waals surface area contributed by atoms with E-state index < -0.39 is 29.2 Å². The van der Waals surface area contributed by atoms with Gasteiger partial charge in [0.05, 0.1) is 30.7 Å². The Morgan fingerprint density at radius 3 is 2.51 bits per heavy atom. The standard InChI is InChI=1S/C32H36F4N6O3/c1-19(2)27-15-40(20(3)43)8-9-41(27)13-21-10-24-25(26(11-21)32(34,35)36)14-42(30(24)44)23-7-5-6-22(12-23)31(16-45-17-31)28(33)29-38-37-18-39(29)4/h5-7,10-12,18-19,27-28H,8-9,13-17H2,1-4H3/t27?,28-/m1/s1. The van der Waals surface area contributed by atoms with E-state index >= 15 is 4.39 Å². The second-order valence-corrected chi connectivity index (χ2v) is 12.7. The summed E-state index contributed by atoms with van der Waals surface area (Å²) in [7, 11) is 1.65. The Bertz CT molecular complexity index is 1620. The molecule has 0 bridgehead atoms. The highest BCUT2D eigenvalue weighted by Gasteiger charge is 2.51. The van der Waals surface area contributed by atoms with E-state index in [0.717, 1.165) is 6.07 Å². The molecule has 45 heavy (non-hydrogen) atoms. The van der Waals surface area contributed by atoms with E-state index in [0.29, 0.717) is 36.4 Å². The van der Waals surface area contributed by atoms with Gasteiger partial charge in [-0.25, -0.2) is 4.39 Å². The minimum Gasteiger partial charge on any atom is -0.379 e. The predicted octanol–water partition coefficient (Wildman–Crippen LogP) is 4.66. The first-order chi connectivity index (χ1) is 21.3. The lowest BCUT2D eigenvalue weighted by atomic mass is 9.74. The molecule has 0 radical (unpaired) electrons. The zero-order chi connectivity index (χ0) is 32.3. The van der Waals surface area contributed by atoms with Gasteiger partial charge < -0.3 is 19.1 Å². The summed E-state index contributed by atoms with van der Waals surface area (Å²) >= 11 is 0. The van der Waals surface area contributed by atoms with Gasteiger partial charge in [0.1, 0.15) is 6.33 Å². The summed E-state index contributed by atoms with van der Waals surface area (Å²) < 4.78 is 66.3. The first-order valence-electron chi connectivity index (χ1n) is 15.0. The Balaban J connectivity index is 1.31. The number of rotatable bonds is 7. The van der Waals surface area contributed by atoms with Crippen LogP contribution in [0.1, 0.15) is 65.4 Å². The largest absolute Gasteiger partial charge is 0.416 e. The van der Waals surface area contributed by atoms with Crippen molar-refractivity contribution >= 4 is 17.5 Å². The van der Waals surface area contributed by atoms with Crippen molar-refractivity contribution in [3.8, 4) is 0 Å². The summed E-state index contributed by atoms with van der Waals surface area (Å²) in [5.74, 6) is -0.271. The summed E-state index contributed by atoms with van der Waals surface area (Å²) in [6.07, 6.45) is -4.81. The summed E-state index contributed by atoms with van der Waals surface area (Å²) in [4.78, 5) is 31.0. The number of hydrogen-bond acceptors (Lipinski definition) is 6. The molecule has 3 aliphatic heterocycles. The van der Waals surface area contributed by atoms with Crippen LogP contribution in [0.4, 0.5) is 23.2 Å². The lowest BCUT2D eigenvalue weighted by Gasteiger charge is -2.43. The second-order valence-electron chi connectivity index (χ2n) is 12.7. The molecule has 2 fully saturated rings. The number of amides is 2. The van der Waals surface area contributed by atoms with Gasteiger partial charge in [-0.15, -0.1) is 10.2 Å². The normalized spacial score (nSPS) is 20.8. The molecule has 2 saturated heterocycles. The maximum absolute atomic E-state index is 15.9. The molecule has 0 spiro atoms. The average molecular weight is 629 g/mol. The number of aryl methyl sites for hydroxylation is 1. The molecular weight excluding hydrogens is 592 g/mol. The minimum atomic E-state index is -4.67. The highest BCUT2D eigenvalue weighted by atomic mass is 19.4. The van der Waals surface area contributed by atoms with Crippen LogP contribution in [-0.4, -0.2) is 75.3 Å². The minimum absolute atomic E-state index is 0.0119. The maximum Gasteiger partial charge on any atom is 0.416 e. The molecule has 2 aromatic carbocycles. The van der Waals surface area contributed by atoms with E-state index in [1.54, 1.807) is 42.3 Å². The lowest BCUT2D eigenvalue weighted by Crippen LogP contribution is -2.55. The number of fused-ring (bicyclic) bond motifs is 1. The molecule has 0 saturated carbocycles. The fourth-order valence-electron chi connectivity index (χ4n) is 6.75. The number of benzene rings is 2. The van der Waals surface area contributed by atoms with Gasteiger partial charge in [-0.1, -0.05) is 26.0 Å². The van der Waals surface area contributed by atoms with E-state index in [-0.39, 0.29) is 61.1 Å². The van der Waals surface area contributed by atoms with Crippen LogP contribution < -0.4 is 4.90 Å². The average Bonchev–Trinajstić information content (AvgIpc) is 3.54. The molecule has 1 aromatic heterocycles. The van der Waals surface area contributed by atoms with Crippen LogP contribution in [-0.2, 0) is 41.3 Å². The second kappa shape index (κ2) is 11.5. The summed E-state index contributed by atoms with van der Waals surface area (Å²) in [5.41, 5.74) is -0.644. The molecule has 3 aromatic rings. The molecular formula is C32H36F4N6O3. The highest BCUT2D eigenvalue weighted by molar-refractivity contribution is 6.10. The van der Waals surface area contributed by atoms with Crippen molar-refractivity contribution in [2.24, 2.45) is 13.0 Å². The van der Waals surface area contributed by atoms with Gasteiger partial charge in [-0.2, -0.15) is 13.2 Å². The van der Waals surface area contributed by atoms with Crippen LogP contribution >= 0.6 is 0 Å². The lowest BCUT2D eigenvalue weighted by molar-refractivity contribution is -0.138. The van der Waals surface area contributed by atoms with E-state index in [1.807, 2.05) is 13.8 Å². The number of alkyl halides is 4. The molecule has 9 nitrogen and oxygen atoms in total. The molecule has 13 heteroatoms. The number of ether oxygens (including phenoxy) is 1. The highest BCUT2D eigenvalue weighted by Crippen LogP contribution is 2.47. The summed E-state index contributed by atoms with van der Waals surface area (Å²) in [6, 6.07) is 9.39. The summed E-state index contributed by atoms with van der Waals surface area (Å²) in [6.45, 7) is 7.19. The van der Waals surface area contributed by atoms with Gasteiger partial charge in [-0.3, -0.25) is 14.5 Å². The van der Waals surface area contributed by atoms with Gasteiger partial charge >= 0.3 is 6.18 Å². The number of anilines is 1. The van der Waals surface area contributed by atoms with Crippen LogP contribution in [0.25, 0.3) is 0 Å². The fraction of sp³-hybridized carbons (Fsp3) is 0.500. The van der Waals surface area contributed by atoms with Gasteiger partial charge in [-0.05, 0) is 46.9 Å². The van der Waals surface area contributed by atoms with E-state index in [9.17, 15) is 22.8 Å². The van der Waals surface area contributed by atoms with Gasteiger partial charge in [0.2, 0.25) is 5.91 Å². The third-order valence-electron chi connectivity index (χ3n) is 9.45. The van der Waals surface area contributed by atoms with E-state index in [4.69, 9.17) is 4.74 Å². The van der Waals surface area contributed by atoms with Crippen LogP contribution in [0.2, 0.25) is 0 Å². The number of hydrogen-bond donors (Lipinski definition) is 0. The number of halogens is 4. The number of piperazine rings is 1. The number of nitrogens with zero attached hydrogens (tertiary/aromatic N) is 6. The Hall–Kier alpha value is -3.84. The SMILES string of the molecule is CC(=O)N1CCN(Cc2cc3c(c(C(F)(F)F)c2)CN(c2cccc(C4([C@H](F)c5nncn5C)COC4)c2)C3=O)C(C(C)C)C1. The van der Waals surface area contributed by atoms with Crippen molar-refractivity contribution in [2.75, 3.05) is 37.7 Å².